The van der Waals surface area contributed by atoms with Gasteiger partial charge in [-0.2, -0.15) is 0 Å². The van der Waals surface area contributed by atoms with Crippen molar-refractivity contribution in [3.63, 3.8) is 0 Å². The second-order valence-electron chi connectivity index (χ2n) is 3.84. The van der Waals surface area contributed by atoms with Crippen molar-refractivity contribution in [1.82, 2.24) is 0 Å². The largest absolute Gasteiger partial charge is 0.493 e. The molecule has 0 aromatic heterocycles. The summed E-state index contributed by atoms with van der Waals surface area (Å²) in [6, 6.07) is 4.08. The van der Waals surface area contributed by atoms with Crippen molar-refractivity contribution in [2.24, 2.45) is 4.99 Å². The molecular weight excluding hydrogens is 202 g/mol. The van der Waals surface area contributed by atoms with E-state index in [2.05, 4.69) is 18.0 Å². The lowest BCUT2D eigenvalue weighted by atomic mass is 10.0. The minimum atomic E-state index is 0.715. The monoisotopic (exact) mass is 219 g/mol. The molecule has 0 aliphatic carbocycles. The topological polar surface area (TPSA) is 30.8 Å². The predicted octanol–water partition coefficient (Wildman–Crippen LogP) is 2.46. The lowest BCUT2D eigenvalue weighted by molar-refractivity contribution is 0.294. The second kappa shape index (κ2) is 5.01. The maximum atomic E-state index is 5.66. The smallest absolute Gasteiger partial charge is 0.161 e. The first kappa shape index (κ1) is 11.0. The van der Waals surface area contributed by atoms with Gasteiger partial charge in [0.05, 0.1) is 13.7 Å². The van der Waals surface area contributed by atoms with E-state index in [-0.39, 0.29) is 0 Å². The normalized spacial score (nSPS) is 13.4. The number of benzene rings is 1. The first-order valence-electron chi connectivity index (χ1n) is 5.68. The van der Waals surface area contributed by atoms with Gasteiger partial charge in [-0.1, -0.05) is 6.92 Å². The van der Waals surface area contributed by atoms with Crippen molar-refractivity contribution in [2.75, 3.05) is 20.3 Å². The Morgan fingerprint density at radius 1 is 1.31 bits per heavy atom. The van der Waals surface area contributed by atoms with Gasteiger partial charge in [-0.15, -0.1) is 0 Å². The van der Waals surface area contributed by atoms with E-state index in [0.29, 0.717) is 6.61 Å². The number of methoxy groups -OCH3 is 1. The molecule has 1 heterocycles. The van der Waals surface area contributed by atoms with Gasteiger partial charge in [0, 0.05) is 12.8 Å². The molecule has 0 N–H and O–H groups in total. The molecule has 0 spiro atoms. The fourth-order valence-corrected chi connectivity index (χ4v) is 1.79. The van der Waals surface area contributed by atoms with Crippen LogP contribution in [-0.2, 0) is 6.42 Å². The third-order valence-electron chi connectivity index (χ3n) is 2.63. The molecule has 1 aromatic rings. The average molecular weight is 219 g/mol. The molecule has 0 unspecified atom stereocenters. The molecule has 0 amide bonds. The molecule has 0 fully saturated rings. The maximum Gasteiger partial charge on any atom is 0.161 e. The molecule has 3 nitrogen and oxygen atoms in total. The van der Waals surface area contributed by atoms with Crippen LogP contribution in [0.2, 0.25) is 0 Å². The summed E-state index contributed by atoms with van der Waals surface area (Å²) in [6.07, 6.45) is 3.89. The Balaban J connectivity index is 2.32. The van der Waals surface area contributed by atoms with Crippen molar-refractivity contribution >= 4 is 6.21 Å². The number of hydrogen-bond acceptors (Lipinski definition) is 3. The Bertz CT molecular complexity index is 399. The van der Waals surface area contributed by atoms with Gasteiger partial charge in [-0.05, 0) is 36.1 Å². The van der Waals surface area contributed by atoms with Crippen molar-refractivity contribution in [2.45, 2.75) is 19.8 Å². The number of aliphatic imine (C=N–C) groups is 1. The van der Waals surface area contributed by atoms with E-state index in [1.807, 2.05) is 12.3 Å². The van der Waals surface area contributed by atoms with Crippen LogP contribution in [0.5, 0.6) is 11.5 Å². The highest BCUT2D eigenvalue weighted by Gasteiger charge is 2.12. The van der Waals surface area contributed by atoms with Gasteiger partial charge in [-0.3, -0.25) is 4.99 Å². The summed E-state index contributed by atoms with van der Waals surface area (Å²) in [4.78, 5) is 4.27. The summed E-state index contributed by atoms with van der Waals surface area (Å²) in [5.41, 5.74) is 2.44. The minimum absolute atomic E-state index is 0.715. The van der Waals surface area contributed by atoms with Gasteiger partial charge in [0.25, 0.3) is 0 Å². The highest BCUT2D eigenvalue weighted by atomic mass is 16.5. The van der Waals surface area contributed by atoms with Gasteiger partial charge in [-0.25, -0.2) is 0 Å². The molecule has 0 bridgehead atoms. The maximum absolute atomic E-state index is 5.66. The number of hydrogen-bond donors (Lipinski definition) is 0. The zero-order chi connectivity index (χ0) is 11.4. The van der Waals surface area contributed by atoms with E-state index in [0.717, 1.165) is 36.4 Å². The van der Waals surface area contributed by atoms with Crippen molar-refractivity contribution in [3.05, 3.63) is 23.3 Å². The highest BCUT2D eigenvalue weighted by Crippen LogP contribution is 2.31. The average Bonchev–Trinajstić information content (AvgIpc) is 2.35. The fourth-order valence-electron chi connectivity index (χ4n) is 1.79. The van der Waals surface area contributed by atoms with Crippen LogP contribution < -0.4 is 9.47 Å². The summed E-state index contributed by atoms with van der Waals surface area (Å²) in [6.45, 7) is 3.67. The molecule has 2 rings (SSSR count). The van der Waals surface area contributed by atoms with Gasteiger partial charge in [0.1, 0.15) is 0 Å². The highest BCUT2D eigenvalue weighted by molar-refractivity contribution is 5.84. The molecule has 1 aliphatic rings. The Morgan fingerprint density at radius 3 is 2.94 bits per heavy atom. The van der Waals surface area contributed by atoms with Crippen LogP contribution >= 0.6 is 0 Å². The third kappa shape index (κ3) is 2.18. The molecule has 0 radical (unpaired) electrons. The summed E-state index contributed by atoms with van der Waals surface area (Å²) in [5, 5.41) is 0. The predicted molar refractivity (Wildman–Crippen MR) is 64.9 cm³/mol. The third-order valence-corrected chi connectivity index (χ3v) is 2.63. The number of fused-ring (bicyclic) bond motifs is 1. The van der Waals surface area contributed by atoms with Crippen LogP contribution in [-0.4, -0.2) is 26.5 Å². The molecule has 0 saturated carbocycles. The van der Waals surface area contributed by atoms with Gasteiger partial charge in [0.15, 0.2) is 11.5 Å². The molecule has 1 aliphatic heterocycles. The Labute approximate surface area is 96.1 Å². The van der Waals surface area contributed by atoms with E-state index in [1.54, 1.807) is 7.11 Å². The molecule has 0 atom stereocenters. The van der Waals surface area contributed by atoms with E-state index in [4.69, 9.17) is 9.47 Å². The number of rotatable bonds is 4. The van der Waals surface area contributed by atoms with Crippen LogP contribution in [0, 0.1) is 0 Å². The lowest BCUT2D eigenvalue weighted by Gasteiger charge is -2.15. The Hall–Kier alpha value is -1.51. The lowest BCUT2D eigenvalue weighted by Crippen LogP contribution is -2.05. The Kier molecular flexibility index (Phi) is 3.44. The zero-order valence-electron chi connectivity index (χ0n) is 9.82. The molecule has 0 saturated heterocycles. The van der Waals surface area contributed by atoms with Gasteiger partial charge in [0.2, 0.25) is 0 Å². The van der Waals surface area contributed by atoms with Gasteiger partial charge < -0.3 is 9.47 Å². The summed E-state index contributed by atoms with van der Waals surface area (Å²) in [5.74, 6) is 1.64. The SMILES string of the molecule is CCCOc1cc2c(cc1OC)CCN=C2. The fraction of sp³-hybridized carbons (Fsp3) is 0.462. The summed E-state index contributed by atoms with van der Waals surface area (Å²) >= 11 is 0. The zero-order valence-corrected chi connectivity index (χ0v) is 9.82. The van der Waals surface area contributed by atoms with E-state index in [9.17, 15) is 0 Å². The van der Waals surface area contributed by atoms with Crippen LogP contribution in [0.25, 0.3) is 0 Å². The van der Waals surface area contributed by atoms with Gasteiger partial charge >= 0.3 is 0 Å². The summed E-state index contributed by atoms with van der Waals surface area (Å²) in [7, 11) is 1.68. The van der Waals surface area contributed by atoms with E-state index in [1.165, 1.54) is 5.56 Å². The molecular formula is C13H17NO2. The molecule has 16 heavy (non-hydrogen) atoms. The van der Waals surface area contributed by atoms with Crippen molar-refractivity contribution in [1.29, 1.82) is 0 Å². The van der Waals surface area contributed by atoms with E-state index >= 15 is 0 Å². The van der Waals surface area contributed by atoms with E-state index < -0.39 is 0 Å². The van der Waals surface area contributed by atoms with Crippen molar-refractivity contribution in [3.8, 4) is 11.5 Å². The van der Waals surface area contributed by atoms with Crippen LogP contribution in [0.4, 0.5) is 0 Å². The standard InChI is InChI=1S/C13H17NO2/c1-3-6-16-13-8-11-9-14-5-4-10(11)7-12(13)15-2/h7-9H,3-6H2,1-2H3. The minimum Gasteiger partial charge on any atom is -0.493 e. The molecule has 3 heteroatoms. The second-order valence-corrected chi connectivity index (χ2v) is 3.84. The molecule has 1 aromatic carbocycles. The first-order chi connectivity index (χ1) is 7.85. The van der Waals surface area contributed by atoms with Crippen LogP contribution in [0.1, 0.15) is 24.5 Å². The van der Waals surface area contributed by atoms with Crippen molar-refractivity contribution < 1.29 is 9.47 Å². The quantitative estimate of drug-likeness (QED) is 0.778. The first-order valence-corrected chi connectivity index (χ1v) is 5.68. The van der Waals surface area contributed by atoms with Crippen LogP contribution in [0.3, 0.4) is 0 Å². The number of nitrogens with zero attached hydrogens (tertiary/aromatic N) is 1. The molecule has 86 valence electrons. The Morgan fingerprint density at radius 2 is 2.19 bits per heavy atom. The number of ether oxygens (including phenoxy) is 2. The van der Waals surface area contributed by atoms with Crippen LogP contribution in [0.15, 0.2) is 17.1 Å². The summed E-state index contributed by atoms with van der Waals surface area (Å²) < 4.78 is 11.0.